The molecule has 1 aromatic carbocycles. The Bertz CT molecular complexity index is 653. The minimum absolute atomic E-state index is 0.107. The molecule has 1 saturated heterocycles. The molecule has 0 saturated carbocycles. The summed E-state index contributed by atoms with van der Waals surface area (Å²) in [7, 11) is 0. The first-order valence-corrected chi connectivity index (χ1v) is 8.80. The lowest BCUT2D eigenvalue weighted by molar-refractivity contribution is 0.0465. The van der Waals surface area contributed by atoms with E-state index >= 15 is 0 Å². The normalized spacial score (nSPS) is 15.4. The van der Waals surface area contributed by atoms with Crippen LogP contribution in [0.3, 0.4) is 0 Å². The number of alkyl carbamates (subject to hydrolysis) is 1. The van der Waals surface area contributed by atoms with Gasteiger partial charge in [-0.25, -0.2) is 14.0 Å². The molecule has 144 valence electrons. The van der Waals surface area contributed by atoms with Crippen LogP contribution in [-0.2, 0) is 4.74 Å². The molecular formula is C19H28FN3O3. The largest absolute Gasteiger partial charge is 0.444 e. The second-order valence-corrected chi connectivity index (χ2v) is 8.16. The zero-order valence-corrected chi connectivity index (χ0v) is 16.1. The Hall–Kier alpha value is -2.31. The van der Waals surface area contributed by atoms with Crippen LogP contribution in [0.1, 0.15) is 41.0 Å². The second kappa shape index (κ2) is 7.51. The first-order chi connectivity index (χ1) is 12.0. The summed E-state index contributed by atoms with van der Waals surface area (Å²) in [6.45, 7) is 10.9. The number of anilines is 1. The fraction of sp³-hybridized carbons (Fsp3) is 0.579. The van der Waals surface area contributed by atoms with Gasteiger partial charge in [0.2, 0.25) is 0 Å². The molecule has 7 heteroatoms. The Morgan fingerprint density at radius 3 is 2.35 bits per heavy atom. The average Bonchev–Trinajstić information content (AvgIpc) is 2.84. The number of amides is 3. The van der Waals surface area contributed by atoms with E-state index in [2.05, 4.69) is 5.32 Å². The number of nitrogens with zero attached hydrogens (tertiary/aromatic N) is 2. The van der Waals surface area contributed by atoms with Crippen molar-refractivity contribution < 1.29 is 18.7 Å². The molecule has 1 aromatic rings. The molecule has 0 radical (unpaired) electrons. The lowest BCUT2D eigenvalue weighted by Gasteiger charge is -2.30. The van der Waals surface area contributed by atoms with Crippen LogP contribution >= 0.6 is 0 Å². The molecule has 0 unspecified atom stereocenters. The third kappa shape index (κ3) is 5.61. The van der Waals surface area contributed by atoms with Crippen LogP contribution in [0, 0.1) is 5.82 Å². The molecule has 0 aromatic heterocycles. The Labute approximate surface area is 154 Å². The van der Waals surface area contributed by atoms with E-state index in [1.807, 2.05) is 34.6 Å². The number of nitrogens with one attached hydrogen (secondary N) is 1. The van der Waals surface area contributed by atoms with E-state index in [1.54, 1.807) is 21.9 Å². The highest BCUT2D eigenvalue weighted by Crippen LogP contribution is 2.22. The third-order valence-electron chi connectivity index (χ3n) is 4.08. The highest BCUT2D eigenvalue weighted by atomic mass is 19.1. The van der Waals surface area contributed by atoms with Crippen molar-refractivity contribution in [1.82, 2.24) is 10.2 Å². The minimum atomic E-state index is -0.555. The Balaban J connectivity index is 1.88. The number of carbonyl (C=O) groups is 2. The summed E-state index contributed by atoms with van der Waals surface area (Å²) in [4.78, 5) is 27.9. The van der Waals surface area contributed by atoms with Crippen LogP contribution in [0.4, 0.5) is 19.7 Å². The van der Waals surface area contributed by atoms with Gasteiger partial charge in [-0.15, -0.1) is 0 Å². The standard InChI is InChI=1S/C19H28FN3O3/c1-18(2,3)26-16(24)21-19(4,5)10-11-22-12-13-23(17(22)25)15-8-6-14(20)7-9-15/h6-9H,10-13H2,1-5H3,(H,21,24). The van der Waals surface area contributed by atoms with Gasteiger partial charge < -0.3 is 15.0 Å². The fourth-order valence-electron chi connectivity index (χ4n) is 2.71. The van der Waals surface area contributed by atoms with E-state index in [1.165, 1.54) is 12.1 Å². The van der Waals surface area contributed by atoms with Gasteiger partial charge >= 0.3 is 12.1 Å². The molecule has 1 aliphatic rings. The molecule has 3 amide bonds. The maximum absolute atomic E-state index is 13.0. The maximum Gasteiger partial charge on any atom is 0.408 e. The van der Waals surface area contributed by atoms with Gasteiger partial charge in [0.15, 0.2) is 0 Å². The summed E-state index contributed by atoms with van der Waals surface area (Å²) < 4.78 is 18.3. The van der Waals surface area contributed by atoms with E-state index in [4.69, 9.17) is 4.74 Å². The highest BCUT2D eigenvalue weighted by Gasteiger charge is 2.31. The lowest BCUT2D eigenvalue weighted by atomic mass is 10.0. The molecular weight excluding hydrogens is 337 g/mol. The van der Waals surface area contributed by atoms with Crippen molar-refractivity contribution in [3.63, 3.8) is 0 Å². The van der Waals surface area contributed by atoms with Crippen LogP contribution in [0.15, 0.2) is 24.3 Å². The van der Waals surface area contributed by atoms with E-state index in [0.717, 1.165) is 0 Å². The predicted molar refractivity (Wildman–Crippen MR) is 98.8 cm³/mol. The molecule has 0 aliphatic carbocycles. The molecule has 1 fully saturated rings. The molecule has 1 aliphatic heterocycles. The van der Waals surface area contributed by atoms with Gasteiger partial charge in [0.25, 0.3) is 0 Å². The van der Waals surface area contributed by atoms with Crippen molar-refractivity contribution >= 4 is 17.8 Å². The van der Waals surface area contributed by atoms with Gasteiger partial charge in [-0.2, -0.15) is 0 Å². The average molecular weight is 365 g/mol. The molecule has 26 heavy (non-hydrogen) atoms. The first-order valence-electron chi connectivity index (χ1n) is 8.80. The number of halogens is 1. The highest BCUT2D eigenvalue weighted by molar-refractivity contribution is 5.94. The van der Waals surface area contributed by atoms with E-state index in [0.29, 0.717) is 31.7 Å². The van der Waals surface area contributed by atoms with Crippen LogP contribution < -0.4 is 10.2 Å². The molecule has 6 nitrogen and oxygen atoms in total. The van der Waals surface area contributed by atoms with Gasteiger partial charge in [-0.1, -0.05) is 0 Å². The summed E-state index contributed by atoms with van der Waals surface area (Å²) in [6, 6.07) is 5.79. The monoisotopic (exact) mass is 365 g/mol. The molecule has 1 N–H and O–H groups in total. The summed E-state index contributed by atoms with van der Waals surface area (Å²) in [6.07, 6.45) is 0.123. The minimum Gasteiger partial charge on any atom is -0.444 e. The molecule has 0 bridgehead atoms. The number of carbonyl (C=O) groups excluding carboxylic acids is 2. The van der Waals surface area contributed by atoms with Crippen molar-refractivity contribution in [2.45, 2.75) is 52.2 Å². The second-order valence-electron chi connectivity index (χ2n) is 8.16. The first kappa shape index (κ1) is 20.0. The van der Waals surface area contributed by atoms with Gasteiger partial charge in [-0.05, 0) is 65.3 Å². The van der Waals surface area contributed by atoms with Crippen molar-refractivity contribution in [2.24, 2.45) is 0 Å². The Morgan fingerprint density at radius 2 is 1.77 bits per heavy atom. The van der Waals surface area contributed by atoms with E-state index in [9.17, 15) is 14.0 Å². The number of benzene rings is 1. The number of urea groups is 1. The van der Waals surface area contributed by atoms with Crippen LogP contribution in [-0.4, -0.2) is 47.8 Å². The zero-order chi connectivity index (χ0) is 19.5. The third-order valence-corrected chi connectivity index (χ3v) is 4.08. The summed E-state index contributed by atoms with van der Waals surface area (Å²) in [5, 5.41) is 2.85. The predicted octanol–water partition coefficient (Wildman–Crippen LogP) is 3.76. The van der Waals surface area contributed by atoms with Crippen molar-refractivity contribution in [3.05, 3.63) is 30.1 Å². The van der Waals surface area contributed by atoms with Crippen LogP contribution in [0.5, 0.6) is 0 Å². The van der Waals surface area contributed by atoms with E-state index in [-0.39, 0.29) is 11.8 Å². The maximum atomic E-state index is 13.0. The van der Waals surface area contributed by atoms with Gasteiger partial charge in [0.05, 0.1) is 0 Å². The zero-order valence-electron chi connectivity index (χ0n) is 16.1. The fourth-order valence-corrected chi connectivity index (χ4v) is 2.71. The van der Waals surface area contributed by atoms with Gasteiger partial charge in [0.1, 0.15) is 11.4 Å². The Morgan fingerprint density at radius 1 is 1.15 bits per heavy atom. The number of ether oxygens (including phenoxy) is 1. The molecule has 0 spiro atoms. The smallest absolute Gasteiger partial charge is 0.408 e. The molecule has 0 atom stereocenters. The van der Waals surface area contributed by atoms with Crippen LogP contribution in [0.25, 0.3) is 0 Å². The number of hydrogen-bond donors (Lipinski definition) is 1. The summed E-state index contributed by atoms with van der Waals surface area (Å²) in [5.74, 6) is -0.327. The number of rotatable bonds is 5. The van der Waals surface area contributed by atoms with Crippen molar-refractivity contribution in [3.8, 4) is 0 Å². The summed E-state index contributed by atoms with van der Waals surface area (Å²) in [5.41, 5.74) is -0.378. The van der Waals surface area contributed by atoms with Crippen molar-refractivity contribution in [2.75, 3.05) is 24.5 Å². The van der Waals surface area contributed by atoms with E-state index < -0.39 is 17.2 Å². The lowest BCUT2D eigenvalue weighted by Crippen LogP contribution is -2.47. The van der Waals surface area contributed by atoms with Crippen molar-refractivity contribution in [1.29, 1.82) is 0 Å². The summed E-state index contributed by atoms with van der Waals surface area (Å²) >= 11 is 0. The molecule has 2 rings (SSSR count). The van der Waals surface area contributed by atoms with Gasteiger partial charge in [0, 0.05) is 30.9 Å². The quantitative estimate of drug-likeness (QED) is 0.864. The topological polar surface area (TPSA) is 61.9 Å². The van der Waals surface area contributed by atoms with Crippen LogP contribution in [0.2, 0.25) is 0 Å². The number of hydrogen-bond acceptors (Lipinski definition) is 3. The van der Waals surface area contributed by atoms with Gasteiger partial charge in [-0.3, -0.25) is 4.90 Å². The Kier molecular flexibility index (Phi) is 5.78. The molecule has 1 heterocycles. The SMILES string of the molecule is CC(C)(CCN1CCN(c2ccc(F)cc2)C1=O)NC(=O)OC(C)(C)C.